The van der Waals surface area contributed by atoms with E-state index in [1.54, 1.807) is 0 Å². The molecule has 0 aliphatic heterocycles. The molecule has 1 aromatic rings. The first kappa shape index (κ1) is 14.5. The van der Waals surface area contributed by atoms with E-state index in [0.29, 0.717) is 17.8 Å². The minimum atomic E-state index is -0.562. The summed E-state index contributed by atoms with van der Waals surface area (Å²) in [6.45, 7) is 6.47. The van der Waals surface area contributed by atoms with Gasteiger partial charge in [-0.25, -0.2) is 0 Å². The number of aliphatic hydroxyl groups excluding tert-OH is 2. The third kappa shape index (κ3) is 3.01. The van der Waals surface area contributed by atoms with Gasteiger partial charge in [-0.1, -0.05) is 51.1 Å². The van der Waals surface area contributed by atoms with E-state index < -0.39 is 12.2 Å². The summed E-state index contributed by atoms with van der Waals surface area (Å²) in [6, 6.07) is 9.73. The summed E-state index contributed by atoms with van der Waals surface area (Å²) in [5.74, 6) is 1.08. The van der Waals surface area contributed by atoms with E-state index in [4.69, 9.17) is 0 Å². The van der Waals surface area contributed by atoms with Crippen LogP contribution >= 0.6 is 0 Å². The van der Waals surface area contributed by atoms with E-state index in [2.05, 4.69) is 20.8 Å². The number of aliphatic hydroxyl groups is 2. The highest BCUT2D eigenvalue weighted by Crippen LogP contribution is 2.43. The van der Waals surface area contributed by atoms with Gasteiger partial charge in [0.1, 0.15) is 0 Å². The van der Waals surface area contributed by atoms with Crippen molar-refractivity contribution in [2.75, 3.05) is 0 Å². The molecule has 1 aliphatic rings. The molecule has 0 spiro atoms. The van der Waals surface area contributed by atoms with Crippen molar-refractivity contribution in [2.24, 2.45) is 23.7 Å². The molecule has 5 atom stereocenters. The van der Waals surface area contributed by atoms with E-state index >= 15 is 0 Å². The Morgan fingerprint density at radius 2 is 1.74 bits per heavy atom. The Hall–Kier alpha value is -0.860. The standard InChI is InChI=1S/C17H26O2/c1-11(2)14-10-9-12(3)15(17(14)19)16(18)13-7-5-4-6-8-13/h4-8,11-12,14-19H,9-10H2,1-3H3/t12-,14+,15-,16-,17-/m1/s1. The van der Waals surface area contributed by atoms with Gasteiger partial charge < -0.3 is 10.2 Å². The lowest BCUT2D eigenvalue weighted by molar-refractivity contribution is -0.0822. The Kier molecular flexibility index (Phi) is 4.64. The van der Waals surface area contributed by atoms with E-state index in [-0.39, 0.29) is 5.92 Å². The highest BCUT2D eigenvalue weighted by atomic mass is 16.3. The Balaban J connectivity index is 2.20. The molecule has 1 aliphatic carbocycles. The van der Waals surface area contributed by atoms with Gasteiger partial charge in [0.25, 0.3) is 0 Å². The Morgan fingerprint density at radius 1 is 1.11 bits per heavy atom. The van der Waals surface area contributed by atoms with Crippen LogP contribution in [0.1, 0.15) is 45.3 Å². The summed E-state index contributed by atoms with van der Waals surface area (Å²) in [5, 5.41) is 21.3. The topological polar surface area (TPSA) is 40.5 Å². The maximum Gasteiger partial charge on any atom is 0.0845 e. The van der Waals surface area contributed by atoms with Crippen molar-refractivity contribution in [2.45, 2.75) is 45.8 Å². The van der Waals surface area contributed by atoms with Crippen LogP contribution in [0.4, 0.5) is 0 Å². The lowest BCUT2D eigenvalue weighted by atomic mass is 9.66. The largest absolute Gasteiger partial charge is 0.392 e. The van der Waals surface area contributed by atoms with Crippen molar-refractivity contribution in [3.63, 3.8) is 0 Å². The second kappa shape index (κ2) is 6.06. The van der Waals surface area contributed by atoms with Crippen LogP contribution in [0.3, 0.4) is 0 Å². The fourth-order valence-corrected chi connectivity index (χ4v) is 3.54. The van der Waals surface area contributed by atoms with Crippen LogP contribution in [0.25, 0.3) is 0 Å². The number of hydrogen-bond donors (Lipinski definition) is 2. The Bertz CT molecular complexity index is 388. The van der Waals surface area contributed by atoms with E-state index in [1.165, 1.54) is 0 Å². The number of benzene rings is 1. The molecule has 0 amide bonds. The van der Waals surface area contributed by atoms with E-state index in [9.17, 15) is 10.2 Å². The number of hydrogen-bond acceptors (Lipinski definition) is 2. The van der Waals surface area contributed by atoms with Gasteiger partial charge >= 0.3 is 0 Å². The van der Waals surface area contributed by atoms with Crippen molar-refractivity contribution in [1.82, 2.24) is 0 Å². The molecule has 2 heteroatoms. The van der Waals surface area contributed by atoms with Gasteiger partial charge in [-0.05, 0) is 36.2 Å². The van der Waals surface area contributed by atoms with Gasteiger partial charge in [0, 0.05) is 5.92 Å². The minimum Gasteiger partial charge on any atom is -0.392 e. The molecule has 0 aromatic heterocycles. The Labute approximate surface area is 116 Å². The predicted molar refractivity (Wildman–Crippen MR) is 77.6 cm³/mol. The molecule has 106 valence electrons. The molecule has 1 fully saturated rings. The molecule has 2 rings (SSSR count). The zero-order valence-electron chi connectivity index (χ0n) is 12.2. The van der Waals surface area contributed by atoms with Gasteiger partial charge in [-0.2, -0.15) is 0 Å². The van der Waals surface area contributed by atoms with Crippen LogP contribution in [0.2, 0.25) is 0 Å². The molecule has 2 nitrogen and oxygen atoms in total. The first-order valence-corrected chi connectivity index (χ1v) is 7.43. The van der Waals surface area contributed by atoms with Crippen molar-refractivity contribution >= 4 is 0 Å². The SMILES string of the molecule is CC(C)[C@@H]1CC[C@@H](C)[C@H]([C@H](O)c2ccccc2)[C@@H]1O. The Morgan fingerprint density at radius 3 is 2.32 bits per heavy atom. The molecule has 0 bridgehead atoms. The average Bonchev–Trinajstić information content (AvgIpc) is 2.39. The lowest BCUT2D eigenvalue weighted by Crippen LogP contribution is -2.43. The third-order valence-electron chi connectivity index (χ3n) is 4.81. The van der Waals surface area contributed by atoms with Gasteiger partial charge in [0.2, 0.25) is 0 Å². The van der Waals surface area contributed by atoms with Crippen molar-refractivity contribution in [3.8, 4) is 0 Å². The molecule has 1 aromatic carbocycles. The second-order valence-electron chi connectivity index (χ2n) is 6.39. The minimum absolute atomic E-state index is 0.0523. The second-order valence-corrected chi connectivity index (χ2v) is 6.39. The smallest absolute Gasteiger partial charge is 0.0845 e. The molecular weight excluding hydrogens is 236 g/mol. The van der Waals surface area contributed by atoms with Crippen LogP contribution in [0, 0.1) is 23.7 Å². The average molecular weight is 262 g/mol. The molecule has 2 N–H and O–H groups in total. The molecular formula is C17H26O2. The summed E-state index contributed by atoms with van der Waals surface area (Å²) in [5.41, 5.74) is 0.919. The van der Waals surface area contributed by atoms with Gasteiger partial charge in [-0.3, -0.25) is 0 Å². The summed E-state index contributed by atoms with van der Waals surface area (Å²) >= 11 is 0. The van der Waals surface area contributed by atoms with E-state index in [1.807, 2.05) is 30.3 Å². The van der Waals surface area contributed by atoms with Crippen LogP contribution in [-0.4, -0.2) is 16.3 Å². The van der Waals surface area contributed by atoms with E-state index in [0.717, 1.165) is 18.4 Å². The van der Waals surface area contributed by atoms with Gasteiger partial charge in [0.15, 0.2) is 0 Å². The fourth-order valence-electron chi connectivity index (χ4n) is 3.54. The highest BCUT2D eigenvalue weighted by Gasteiger charge is 2.41. The van der Waals surface area contributed by atoms with Crippen LogP contribution in [0.15, 0.2) is 30.3 Å². The maximum absolute atomic E-state index is 10.6. The third-order valence-corrected chi connectivity index (χ3v) is 4.81. The summed E-state index contributed by atoms with van der Waals surface area (Å²) in [4.78, 5) is 0. The monoisotopic (exact) mass is 262 g/mol. The molecule has 0 saturated heterocycles. The first-order chi connectivity index (χ1) is 9.02. The maximum atomic E-state index is 10.6. The molecule has 0 unspecified atom stereocenters. The zero-order valence-corrected chi connectivity index (χ0v) is 12.2. The molecule has 19 heavy (non-hydrogen) atoms. The van der Waals surface area contributed by atoms with Crippen LogP contribution in [0.5, 0.6) is 0 Å². The molecule has 0 heterocycles. The van der Waals surface area contributed by atoms with Crippen molar-refractivity contribution < 1.29 is 10.2 Å². The van der Waals surface area contributed by atoms with Crippen molar-refractivity contribution in [3.05, 3.63) is 35.9 Å². The fraction of sp³-hybridized carbons (Fsp3) is 0.647. The predicted octanol–water partition coefficient (Wildman–Crippen LogP) is 3.40. The van der Waals surface area contributed by atoms with Crippen LogP contribution in [-0.2, 0) is 0 Å². The van der Waals surface area contributed by atoms with Gasteiger partial charge in [0.05, 0.1) is 12.2 Å². The molecule has 1 saturated carbocycles. The normalized spacial score (nSPS) is 33.4. The van der Waals surface area contributed by atoms with Gasteiger partial charge in [-0.15, -0.1) is 0 Å². The summed E-state index contributed by atoms with van der Waals surface area (Å²) in [7, 11) is 0. The summed E-state index contributed by atoms with van der Waals surface area (Å²) in [6.07, 6.45) is 1.19. The zero-order chi connectivity index (χ0) is 14.0. The number of rotatable bonds is 3. The van der Waals surface area contributed by atoms with Crippen molar-refractivity contribution in [1.29, 1.82) is 0 Å². The van der Waals surface area contributed by atoms with Crippen LogP contribution < -0.4 is 0 Å². The molecule has 0 radical (unpaired) electrons. The first-order valence-electron chi connectivity index (χ1n) is 7.43. The summed E-state index contributed by atoms with van der Waals surface area (Å²) < 4.78 is 0. The lowest BCUT2D eigenvalue weighted by Gasteiger charge is -2.43. The quantitative estimate of drug-likeness (QED) is 0.876. The highest BCUT2D eigenvalue weighted by molar-refractivity contribution is 5.19.